The summed E-state index contributed by atoms with van der Waals surface area (Å²) < 4.78 is 16.0. The number of nitrogens with one attached hydrogen (secondary N) is 1. The third-order valence-electron chi connectivity index (χ3n) is 4.68. The molecule has 0 saturated heterocycles. The molecule has 0 amide bonds. The lowest BCUT2D eigenvalue weighted by Crippen LogP contribution is -2.46. The Morgan fingerprint density at radius 3 is 2.41 bits per heavy atom. The van der Waals surface area contributed by atoms with Crippen molar-refractivity contribution in [3.05, 3.63) is 23.3 Å². The van der Waals surface area contributed by atoms with Crippen LogP contribution in [0.15, 0.2) is 17.1 Å². The van der Waals surface area contributed by atoms with Gasteiger partial charge in [-0.3, -0.25) is 4.99 Å². The van der Waals surface area contributed by atoms with Crippen molar-refractivity contribution in [3.8, 4) is 11.5 Å². The molecule has 0 aliphatic carbocycles. The number of ether oxygens (including phenoxy) is 3. The van der Waals surface area contributed by atoms with Gasteiger partial charge >= 0.3 is 0 Å². The number of nitrogens with zero attached hydrogens (tertiary/aromatic N) is 3. The minimum atomic E-state index is 0. The molecule has 0 atom stereocenters. The van der Waals surface area contributed by atoms with Gasteiger partial charge in [-0.2, -0.15) is 0 Å². The molecule has 154 valence electrons. The monoisotopic (exact) mass is 492 g/mol. The molecule has 0 spiro atoms. The summed E-state index contributed by atoms with van der Waals surface area (Å²) in [5, 5.41) is 3.47. The number of halogens is 1. The Morgan fingerprint density at radius 2 is 1.81 bits per heavy atom. The smallest absolute Gasteiger partial charge is 0.194 e. The van der Waals surface area contributed by atoms with Gasteiger partial charge in [-0.15, -0.1) is 24.0 Å². The minimum Gasteiger partial charge on any atom is -0.493 e. The van der Waals surface area contributed by atoms with Gasteiger partial charge in [0.15, 0.2) is 17.5 Å². The van der Waals surface area contributed by atoms with Crippen LogP contribution in [0.1, 0.15) is 11.1 Å². The van der Waals surface area contributed by atoms with Gasteiger partial charge in [-0.05, 0) is 36.7 Å². The molecule has 1 aromatic rings. The molecule has 1 aromatic carbocycles. The average Bonchev–Trinajstić information content (AvgIpc) is 2.68. The first-order chi connectivity index (χ1) is 12.6. The van der Waals surface area contributed by atoms with Crippen molar-refractivity contribution in [2.75, 3.05) is 68.2 Å². The van der Waals surface area contributed by atoms with Crippen LogP contribution in [0.2, 0.25) is 0 Å². The fourth-order valence-corrected chi connectivity index (χ4v) is 3.11. The SMILES string of the molecule is CN=C(NCCN(C)CCOC)N1CCc2cc(OC)c(OC)cc2C1.I. The van der Waals surface area contributed by atoms with Gasteiger partial charge in [0.1, 0.15) is 0 Å². The summed E-state index contributed by atoms with van der Waals surface area (Å²) in [5.74, 6) is 2.50. The Balaban J connectivity index is 0.00000364. The number of hydrogen-bond acceptors (Lipinski definition) is 5. The Hall–Kier alpha value is -1.26. The second kappa shape index (κ2) is 12.2. The van der Waals surface area contributed by atoms with E-state index in [1.807, 2.05) is 7.05 Å². The molecule has 1 N–H and O–H groups in total. The predicted octanol–water partition coefficient (Wildman–Crippen LogP) is 1.83. The second-order valence-electron chi connectivity index (χ2n) is 6.42. The van der Waals surface area contributed by atoms with E-state index in [1.165, 1.54) is 11.1 Å². The van der Waals surface area contributed by atoms with Crippen molar-refractivity contribution >= 4 is 29.9 Å². The number of likely N-dealkylation sites (N-methyl/N-ethyl adjacent to an activating group) is 1. The van der Waals surface area contributed by atoms with Crippen LogP contribution < -0.4 is 14.8 Å². The molecule has 1 aliphatic heterocycles. The summed E-state index contributed by atoms with van der Waals surface area (Å²) in [6, 6.07) is 4.17. The first-order valence-corrected chi connectivity index (χ1v) is 8.99. The molecular formula is C19H33IN4O3. The van der Waals surface area contributed by atoms with Gasteiger partial charge < -0.3 is 29.3 Å². The maximum Gasteiger partial charge on any atom is 0.194 e. The van der Waals surface area contributed by atoms with Crippen molar-refractivity contribution in [1.29, 1.82) is 0 Å². The van der Waals surface area contributed by atoms with Gasteiger partial charge in [0.2, 0.25) is 0 Å². The number of fused-ring (bicyclic) bond motifs is 1. The highest BCUT2D eigenvalue weighted by molar-refractivity contribution is 14.0. The van der Waals surface area contributed by atoms with Crippen molar-refractivity contribution in [2.24, 2.45) is 4.99 Å². The van der Waals surface area contributed by atoms with E-state index in [4.69, 9.17) is 14.2 Å². The topological polar surface area (TPSA) is 58.6 Å². The van der Waals surface area contributed by atoms with E-state index in [2.05, 4.69) is 39.3 Å². The molecule has 0 saturated carbocycles. The molecule has 2 rings (SSSR count). The van der Waals surface area contributed by atoms with Crippen LogP contribution in [0, 0.1) is 0 Å². The van der Waals surface area contributed by atoms with E-state index >= 15 is 0 Å². The summed E-state index contributed by atoms with van der Waals surface area (Å²) in [6.45, 7) is 5.21. The molecule has 8 heteroatoms. The van der Waals surface area contributed by atoms with E-state index in [0.29, 0.717) is 0 Å². The summed E-state index contributed by atoms with van der Waals surface area (Å²) in [4.78, 5) is 8.98. The summed E-state index contributed by atoms with van der Waals surface area (Å²) in [6.07, 6.45) is 0.962. The van der Waals surface area contributed by atoms with Crippen LogP contribution in [-0.4, -0.2) is 84.0 Å². The Bertz CT molecular complexity index is 613. The largest absolute Gasteiger partial charge is 0.493 e. The van der Waals surface area contributed by atoms with Crippen molar-refractivity contribution in [1.82, 2.24) is 15.1 Å². The molecule has 0 unspecified atom stereocenters. The van der Waals surface area contributed by atoms with Crippen molar-refractivity contribution in [2.45, 2.75) is 13.0 Å². The number of hydrogen-bond donors (Lipinski definition) is 1. The zero-order valence-electron chi connectivity index (χ0n) is 17.1. The van der Waals surface area contributed by atoms with Crippen LogP contribution in [0.3, 0.4) is 0 Å². The number of guanidine groups is 1. The number of aliphatic imine (C=N–C) groups is 1. The fraction of sp³-hybridized carbons (Fsp3) is 0.632. The van der Waals surface area contributed by atoms with Gasteiger partial charge in [-0.25, -0.2) is 0 Å². The van der Waals surface area contributed by atoms with Gasteiger partial charge in [0, 0.05) is 46.9 Å². The van der Waals surface area contributed by atoms with Crippen LogP contribution >= 0.6 is 24.0 Å². The number of methoxy groups -OCH3 is 3. The lowest BCUT2D eigenvalue weighted by atomic mass is 9.99. The summed E-state index contributed by atoms with van der Waals surface area (Å²) in [5.41, 5.74) is 2.57. The molecule has 0 bridgehead atoms. The van der Waals surface area contributed by atoms with Crippen molar-refractivity contribution in [3.63, 3.8) is 0 Å². The van der Waals surface area contributed by atoms with Crippen LogP contribution in [0.4, 0.5) is 0 Å². The highest BCUT2D eigenvalue weighted by Crippen LogP contribution is 2.33. The number of rotatable bonds is 8. The standard InChI is InChI=1S/C19H32N4O3.HI/c1-20-19(21-7-9-22(2)10-11-24-3)23-8-6-15-12-17(25-4)18(26-5)13-16(15)14-23;/h12-13H,6-11,14H2,1-5H3,(H,20,21);1H. The number of benzene rings is 1. The third-order valence-corrected chi connectivity index (χ3v) is 4.68. The second-order valence-corrected chi connectivity index (χ2v) is 6.42. The molecule has 7 nitrogen and oxygen atoms in total. The van der Waals surface area contributed by atoms with Crippen LogP contribution in [0.25, 0.3) is 0 Å². The van der Waals surface area contributed by atoms with E-state index in [1.54, 1.807) is 21.3 Å². The zero-order chi connectivity index (χ0) is 18.9. The molecule has 1 heterocycles. The molecule has 0 radical (unpaired) electrons. The van der Waals surface area contributed by atoms with Gasteiger partial charge in [0.05, 0.1) is 20.8 Å². The quantitative estimate of drug-likeness (QED) is 0.340. The normalized spacial score (nSPS) is 13.9. The average molecular weight is 492 g/mol. The van der Waals surface area contributed by atoms with Gasteiger partial charge in [-0.1, -0.05) is 0 Å². The lowest BCUT2D eigenvalue weighted by Gasteiger charge is -2.32. The predicted molar refractivity (Wildman–Crippen MR) is 120 cm³/mol. The molecule has 0 aromatic heterocycles. The minimum absolute atomic E-state index is 0. The molecule has 0 fully saturated rings. The zero-order valence-corrected chi connectivity index (χ0v) is 19.4. The van der Waals surface area contributed by atoms with Gasteiger partial charge in [0.25, 0.3) is 0 Å². The Morgan fingerprint density at radius 1 is 1.15 bits per heavy atom. The van der Waals surface area contributed by atoms with E-state index in [-0.39, 0.29) is 24.0 Å². The highest BCUT2D eigenvalue weighted by Gasteiger charge is 2.21. The fourth-order valence-electron chi connectivity index (χ4n) is 3.11. The molecule has 1 aliphatic rings. The maximum atomic E-state index is 5.44. The Kier molecular flexibility index (Phi) is 10.8. The van der Waals surface area contributed by atoms with E-state index in [0.717, 1.165) is 63.2 Å². The first-order valence-electron chi connectivity index (χ1n) is 8.99. The Labute approximate surface area is 180 Å². The van der Waals surface area contributed by atoms with E-state index in [9.17, 15) is 0 Å². The van der Waals surface area contributed by atoms with Crippen LogP contribution in [-0.2, 0) is 17.7 Å². The van der Waals surface area contributed by atoms with Crippen molar-refractivity contribution < 1.29 is 14.2 Å². The van der Waals surface area contributed by atoms with Crippen LogP contribution in [0.5, 0.6) is 11.5 Å². The highest BCUT2D eigenvalue weighted by atomic mass is 127. The molecular weight excluding hydrogens is 459 g/mol. The first kappa shape index (κ1) is 23.8. The third kappa shape index (κ3) is 6.69. The molecule has 27 heavy (non-hydrogen) atoms. The lowest BCUT2D eigenvalue weighted by molar-refractivity contribution is 0.162. The van der Waals surface area contributed by atoms with E-state index < -0.39 is 0 Å². The summed E-state index contributed by atoms with van der Waals surface area (Å²) >= 11 is 0. The summed E-state index contributed by atoms with van der Waals surface area (Å²) in [7, 11) is 9.01. The maximum absolute atomic E-state index is 5.44.